The quantitative estimate of drug-likeness (QED) is 0.746. The zero-order valence-electron chi connectivity index (χ0n) is 13.5. The summed E-state index contributed by atoms with van der Waals surface area (Å²) in [6.45, 7) is 1.52. The number of rotatable bonds is 3. The highest BCUT2D eigenvalue weighted by atomic mass is 16.7. The lowest BCUT2D eigenvalue weighted by atomic mass is 9.70. The van der Waals surface area contributed by atoms with Crippen LogP contribution in [0.3, 0.4) is 0 Å². The molecule has 0 unspecified atom stereocenters. The van der Waals surface area contributed by atoms with E-state index in [2.05, 4.69) is 4.74 Å². The summed E-state index contributed by atoms with van der Waals surface area (Å²) in [5.74, 6) is 2.22. The van der Waals surface area contributed by atoms with E-state index in [-0.39, 0.29) is 12.4 Å². The van der Waals surface area contributed by atoms with Gasteiger partial charge >= 0.3 is 6.16 Å². The summed E-state index contributed by atoms with van der Waals surface area (Å²) in [7, 11) is 1.37. The van der Waals surface area contributed by atoms with E-state index in [1.807, 2.05) is 0 Å². The topological polar surface area (TPSA) is 54.0 Å². The molecule has 3 rings (SSSR count). The molecule has 0 N–H and O–H groups in total. The van der Waals surface area contributed by atoms with Crippen LogP contribution in [0.4, 0.5) is 4.79 Å². The van der Waals surface area contributed by atoms with Crippen LogP contribution in [0, 0.1) is 17.8 Å². The van der Waals surface area contributed by atoms with Crippen LogP contribution in [-0.4, -0.2) is 38.9 Å². The minimum Gasteiger partial charge on any atom is -0.438 e. The van der Waals surface area contributed by atoms with Crippen molar-refractivity contribution in [3.05, 3.63) is 0 Å². The van der Waals surface area contributed by atoms with Crippen molar-refractivity contribution in [1.29, 1.82) is 0 Å². The lowest BCUT2D eigenvalue weighted by Crippen LogP contribution is -2.32. The highest BCUT2D eigenvalue weighted by Gasteiger charge is 2.35. The summed E-state index contributed by atoms with van der Waals surface area (Å²) in [4.78, 5) is 11.2. The van der Waals surface area contributed by atoms with Crippen molar-refractivity contribution in [3.8, 4) is 0 Å². The first kappa shape index (κ1) is 16.1. The molecule has 1 aliphatic heterocycles. The highest BCUT2D eigenvalue weighted by Crippen LogP contribution is 2.42. The molecule has 2 saturated carbocycles. The SMILES string of the molecule is COC(=O)OC1CCC(C2CCC(C3OCCO3)CC2)CC1. The Bertz CT molecular complexity index is 350. The zero-order chi connectivity index (χ0) is 15.4. The number of carbonyl (C=O) groups is 1. The molecular formula is C17H28O5. The molecule has 0 aromatic carbocycles. The molecule has 5 heteroatoms. The van der Waals surface area contributed by atoms with E-state index < -0.39 is 6.16 Å². The van der Waals surface area contributed by atoms with Crippen molar-refractivity contribution in [1.82, 2.24) is 0 Å². The molecule has 5 nitrogen and oxygen atoms in total. The lowest BCUT2D eigenvalue weighted by Gasteiger charge is -2.38. The fraction of sp³-hybridized carbons (Fsp3) is 0.941. The molecule has 0 radical (unpaired) electrons. The predicted octanol–water partition coefficient (Wildman–Crippen LogP) is 3.51. The van der Waals surface area contributed by atoms with E-state index in [0.717, 1.165) is 37.9 Å². The number of hydrogen-bond acceptors (Lipinski definition) is 5. The minimum absolute atomic E-state index is 0.0559. The van der Waals surface area contributed by atoms with Gasteiger partial charge in [-0.05, 0) is 63.2 Å². The van der Waals surface area contributed by atoms with Crippen LogP contribution in [0.2, 0.25) is 0 Å². The van der Waals surface area contributed by atoms with Gasteiger partial charge < -0.3 is 18.9 Å². The Kier molecular flexibility index (Phi) is 5.58. The molecule has 1 saturated heterocycles. The number of ether oxygens (including phenoxy) is 4. The standard InChI is InChI=1S/C17H28O5/c1-19-17(18)22-15-8-6-13(7-9-15)12-2-4-14(5-3-12)16-20-10-11-21-16/h12-16H,2-11H2,1H3. The second-order valence-corrected chi connectivity index (χ2v) is 6.89. The summed E-state index contributed by atoms with van der Waals surface area (Å²) >= 11 is 0. The average Bonchev–Trinajstić information content (AvgIpc) is 3.10. The maximum Gasteiger partial charge on any atom is 0.508 e. The summed E-state index contributed by atoms with van der Waals surface area (Å²) in [5.41, 5.74) is 0. The monoisotopic (exact) mass is 312 g/mol. The van der Waals surface area contributed by atoms with Gasteiger partial charge in [-0.1, -0.05) is 0 Å². The summed E-state index contributed by atoms with van der Waals surface area (Å²) in [6.07, 6.45) is 8.93. The predicted molar refractivity (Wildman–Crippen MR) is 80.4 cm³/mol. The van der Waals surface area contributed by atoms with E-state index in [9.17, 15) is 4.79 Å². The van der Waals surface area contributed by atoms with Crippen molar-refractivity contribution < 1.29 is 23.7 Å². The van der Waals surface area contributed by atoms with Gasteiger partial charge in [-0.25, -0.2) is 4.79 Å². The van der Waals surface area contributed by atoms with Crippen LogP contribution >= 0.6 is 0 Å². The van der Waals surface area contributed by atoms with Gasteiger partial charge in [0.05, 0.1) is 20.3 Å². The van der Waals surface area contributed by atoms with Crippen LogP contribution in [0.15, 0.2) is 0 Å². The molecule has 3 aliphatic rings. The smallest absolute Gasteiger partial charge is 0.438 e. The van der Waals surface area contributed by atoms with Gasteiger partial charge in [0.25, 0.3) is 0 Å². The normalized spacial score (nSPS) is 37.0. The van der Waals surface area contributed by atoms with Crippen LogP contribution < -0.4 is 0 Å². The molecule has 1 heterocycles. The first-order valence-electron chi connectivity index (χ1n) is 8.74. The minimum atomic E-state index is -0.541. The number of carbonyl (C=O) groups excluding carboxylic acids is 1. The Labute approximate surface area is 132 Å². The number of hydrogen-bond donors (Lipinski definition) is 0. The maximum absolute atomic E-state index is 11.2. The van der Waals surface area contributed by atoms with Gasteiger partial charge in [0, 0.05) is 5.92 Å². The molecule has 0 atom stereocenters. The first-order valence-corrected chi connectivity index (χ1v) is 8.74. The Morgan fingerprint density at radius 3 is 1.86 bits per heavy atom. The molecule has 0 aromatic rings. The summed E-state index contributed by atoms with van der Waals surface area (Å²) < 4.78 is 21.1. The average molecular weight is 312 g/mol. The highest BCUT2D eigenvalue weighted by molar-refractivity contribution is 5.59. The van der Waals surface area contributed by atoms with Crippen LogP contribution in [-0.2, 0) is 18.9 Å². The third-order valence-electron chi connectivity index (χ3n) is 5.66. The maximum atomic E-state index is 11.2. The van der Waals surface area contributed by atoms with Gasteiger partial charge in [-0.15, -0.1) is 0 Å². The van der Waals surface area contributed by atoms with E-state index in [0.29, 0.717) is 5.92 Å². The van der Waals surface area contributed by atoms with Gasteiger partial charge in [-0.3, -0.25) is 0 Å². The molecule has 2 aliphatic carbocycles. The third-order valence-corrected chi connectivity index (χ3v) is 5.66. The van der Waals surface area contributed by atoms with Crippen molar-refractivity contribution in [2.45, 2.75) is 63.8 Å². The van der Waals surface area contributed by atoms with Crippen molar-refractivity contribution in [2.24, 2.45) is 17.8 Å². The Balaban J connectivity index is 1.38. The molecule has 0 bridgehead atoms. The molecule has 3 fully saturated rings. The third kappa shape index (κ3) is 3.93. The van der Waals surface area contributed by atoms with Crippen molar-refractivity contribution >= 4 is 6.16 Å². The first-order chi connectivity index (χ1) is 10.8. The van der Waals surface area contributed by atoms with Gasteiger partial charge in [0.15, 0.2) is 6.29 Å². The molecule has 0 spiro atoms. The van der Waals surface area contributed by atoms with Gasteiger partial charge in [-0.2, -0.15) is 0 Å². The van der Waals surface area contributed by atoms with Crippen LogP contribution in [0.1, 0.15) is 51.4 Å². The fourth-order valence-corrected chi connectivity index (χ4v) is 4.40. The van der Waals surface area contributed by atoms with E-state index in [1.165, 1.54) is 45.6 Å². The molecule has 0 aromatic heterocycles. The molecule has 126 valence electrons. The largest absolute Gasteiger partial charge is 0.508 e. The Hall–Kier alpha value is -0.810. The van der Waals surface area contributed by atoms with Crippen LogP contribution in [0.25, 0.3) is 0 Å². The van der Waals surface area contributed by atoms with Crippen LogP contribution in [0.5, 0.6) is 0 Å². The Morgan fingerprint density at radius 2 is 1.32 bits per heavy atom. The molecule has 22 heavy (non-hydrogen) atoms. The number of methoxy groups -OCH3 is 1. The lowest BCUT2D eigenvalue weighted by molar-refractivity contribution is -0.0976. The second-order valence-electron chi connectivity index (χ2n) is 6.89. The van der Waals surface area contributed by atoms with Gasteiger partial charge in [0.2, 0.25) is 0 Å². The van der Waals surface area contributed by atoms with E-state index >= 15 is 0 Å². The zero-order valence-corrected chi connectivity index (χ0v) is 13.5. The van der Waals surface area contributed by atoms with Gasteiger partial charge in [0.1, 0.15) is 6.10 Å². The van der Waals surface area contributed by atoms with E-state index in [1.54, 1.807) is 0 Å². The Morgan fingerprint density at radius 1 is 0.818 bits per heavy atom. The summed E-state index contributed by atoms with van der Waals surface area (Å²) in [5, 5.41) is 0. The fourth-order valence-electron chi connectivity index (χ4n) is 4.40. The van der Waals surface area contributed by atoms with Crippen molar-refractivity contribution in [3.63, 3.8) is 0 Å². The van der Waals surface area contributed by atoms with E-state index in [4.69, 9.17) is 14.2 Å². The second kappa shape index (κ2) is 7.64. The molecule has 0 amide bonds. The van der Waals surface area contributed by atoms with Crippen molar-refractivity contribution in [2.75, 3.05) is 20.3 Å². The summed E-state index contributed by atoms with van der Waals surface area (Å²) in [6, 6.07) is 0. The molecular weight excluding hydrogens is 284 g/mol.